The van der Waals surface area contributed by atoms with Crippen molar-refractivity contribution in [2.45, 2.75) is 136 Å². The van der Waals surface area contributed by atoms with Crippen LogP contribution in [0.15, 0.2) is 76.5 Å². The number of ether oxygens (including phenoxy) is 4. The molecule has 75 heavy (non-hydrogen) atoms. The number of Topliss-reactive ketones (excluding diaryl/α,β-unsaturated/α-hetero) is 1. The Kier molecular flexibility index (Phi) is 16.3. The smallest absolute Gasteiger partial charge is 0.315 e. The van der Waals surface area contributed by atoms with Crippen molar-refractivity contribution in [3.05, 3.63) is 93.9 Å². The van der Waals surface area contributed by atoms with Gasteiger partial charge in [-0.1, -0.05) is 90.1 Å². The highest BCUT2D eigenvalue weighted by Crippen LogP contribution is 2.50. The minimum atomic E-state index is -2.02. The summed E-state index contributed by atoms with van der Waals surface area (Å²) in [6, 6.07) is 10.2. The molecule has 6 aliphatic rings. The molecule has 17 nitrogen and oxygen atoms in total. The fourth-order valence-corrected chi connectivity index (χ4v) is 11.6. The van der Waals surface area contributed by atoms with Crippen LogP contribution >= 0.6 is 0 Å². The number of nitrogens with zero attached hydrogens (tertiary/aromatic N) is 4. The number of allylic oxidation sites excluding steroid dienone is 2. The van der Waals surface area contributed by atoms with Gasteiger partial charge >= 0.3 is 11.8 Å². The number of amides is 2. The van der Waals surface area contributed by atoms with Crippen molar-refractivity contribution in [2.24, 2.45) is 39.6 Å². The number of esters is 1. The van der Waals surface area contributed by atoms with Crippen molar-refractivity contribution >= 4 is 40.0 Å². The minimum Gasteiger partial charge on any atom is -0.507 e. The number of aliphatic hydroxyl groups is 2. The van der Waals surface area contributed by atoms with Gasteiger partial charge in [-0.15, -0.1) is 0 Å². The Morgan fingerprint density at radius 2 is 1.55 bits per heavy atom. The molecule has 3 aromatic rings. The predicted octanol–water partition coefficient (Wildman–Crippen LogP) is 6.53. The first-order chi connectivity index (χ1) is 35.6. The highest BCUT2D eigenvalue weighted by Gasteiger charge is 2.50. The molecule has 0 aliphatic carbocycles. The van der Waals surface area contributed by atoms with E-state index in [4.69, 9.17) is 28.9 Å². The highest BCUT2D eigenvalue weighted by atomic mass is 16.7. The lowest BCUT2D eigenvalue weighted by Crippen LogP contribution is -2.47. The molecule has 0 radical (unpaired) electrons. The number of aromatic hydroxyl groups is 2. The van der Waals surface area contributed by atoms with Crippen molar-refractivity contribution in [3.8, 4) is 17.2 Å². The molecule has 2 saturated heterocycles. The second-order valence-corrected chi connectivity index (χ2v) is 22.1. The number of carbonyl (C=O) groups is 4. The maximum Gasteiger partial charge on any atom is 0.315 e. The molecule has 2 amide bonds. The van der Waals surface area contributed by atoms with E-state index in [0.29, 0.717) is 50.9 Å². The Hall–Kier alpha value is -6.14. The number of aliphatic hydroxyl groups excluding tert-OH is 2. The fraction of sp³-hybridized carbons (Fsp3) is 0.552. The highest BCUT2D eigenvalue weighted by molar-refractivity contribution is 6.19. The molecule has 6 aliphatic heterocycles. The molecule has 0 saturated carbocycles. The molecule has 5 bridgehead atoms. The summed E-state index contributed by atoms with van der Waals surface area (Å²) in [5, 5.41) is 51.1. The van der Waals surface area contributed by atoms with Gasteiger partial charge in [-0.2, -0.15) is 0 Å². The number of anilines is 1. The molecule has 6 heterocycles. The molecule has 1 unspecified atom stereocenters. The molecule has 2 fully saturated rings. The van der Waals surface area contributed by atoms with Crippen LogP contribution in [-0.4, -0.2) is 129 Å². The number of hydrogen-bond donors (Lipinski definition) is 5. The number of nitrogens with one attached hydrogen (secondary N) is 1. The van der Waals surface area contributed by atoms with E-state index in [1.807, 2.05) is 18.2 Å². The number of methoxy groups -OCH3 is 1. The van der Waals surface area contributed by atoms with Gasteiger partial charge in [0.2, 0.25) is 5.91 Å². The normalized spacial score (nSPS) is 30.2. The molecule has 9 rings (SSSR count). The SMILES string of the molecule is CO[C@H]1/C=C/OC2(C)Oc3c(C)c(O)c4c(O)c(c5c(c4c3C2=O)=NC2(CCN(CC(C)C)CC2)N=5)NC(=O)/C(C)=C\C=C\[C@H](C)[C@H](O)[C@@H](C)[C@@H](O)[C@@H](C)[C@H](OC(=O)CC(=O)N2CCC(c3ccccc3)CC2)[C@@H]1C. The van der Waals surface area contributed by atoms with Gasteiger partial charge in [-0.3, -0.25) is 29.2 Å². The topological polar surface area (TPSA) is 229 Å². The Morgan fingerprint density at radius 1 is 0.880 bits per heavy atom. The molecule has 0 aromatic heterocycles. The number of hydrogen-bond acceptors (Lipinski definition) is 15. The second kappa shape index (κ2) is 22.2. The van der Waals surface area contributed by atoms with Crippen LogP contribution in [0.2, 0.25) is 0 Å². The molecule has 1 spiro atoms. The number of fused-ring (bicyclic) bond motifs is 13. The van der Waals surface area contributed by atoms with Crippen molar-refractivity contribution in [1.29, 1.82) is 0 Å². The summed E-state index contributed by atoms with van der Waals surface area (Å²) in [6.07, 6.45) is 5.41. The van der Waals surface area contributed by atoms with Gasteiger partial charge in [0.25, 0.3) is 11.7 Å². The van der Waals surface area contributed by atoms with Crippen LogP contribution in [0.25, 0.3) is 10.8 Å². The molecule has 17 heteroatoms. The predicted molar refractivity (Wildman–Crippen MR) is 282 cm³/mol. The zero-order chi connectivity index (χ0) is 54.3. The monoisotopic (exact) mass is 1030 g/mol. The van der Waals surface area contributed by atoms with Gasteiger partial charge in [0.1, 0.15) is 35.1 Å². The van der Waals surface area contributed by atoms with E-state index in [1.54, 1.807) is 64.7 Å². The van der Waals surface area contributed by atoms with E-state index < -0.39 is 95.1 Å². The molecule has 5 N–H and O–H groups in total. The van der Waals surface area contributed by atoms with Gasteiger partial charge in [0.05, 0.1) is 40.9 Å². The molecule has 404 valence electrons. The number of phenols is 2. The van der Waals surface area contributed by atoms with Crippen LogP contribution in [0.3, 0.4) is 0 Å². The summed E-state index contributed by atoms with van der Waals surface area (Å²) in [4.78, 5) is 70.9. The van der Waals surface area contributed by atoms with E-state index in [0.717, 1.165) is 19.4 Å². The van der Waals surface area contributed by atoms with Crippen molar-refractivity contribution in [2.75, 3.05) is 45.2 Å². The maximum atomic E-state index is 15.0. The van der Waals surface area contributed by atoms with E-state index in [1.165, 1.54) is 31.9 Å². The maximum absolute atomic E-state index is 15.0. The van der Waals surface area contributed by atoms with Gasteiger partial charge < -0.3 is 54.5 Å². The molecular weight excluding hydrogens is 959 g/mol. The number of rotatable bonds is 7. The van der Waals surface area contributed by atoms with E-state index in [-0.39, 0.29) is 55.5 Å². The Balaban J connectivity index is 1.15. The zero-order valence-electron chi connectivity index (χ0n) is 45.0. The first-order valence-electron chi connectivity index (χ1n) is 26.5. The van der Waals surface area contributed by atoms with Gasteiger partial charge in [0, 0.05) is 99.8 Å². The third kappa shape index (κ3) is 11.0. The number of benzene rings is 3. The largest absolute Gasteiger partial charge is 0.507 e. The second-order valence-electron chi connectivity index (χ2n) is 22.1. The van der Waals surface area contributed by atoms with Crippen LogP contribution in [0, 0.1) is 36.5 Å². The third-order valence-electron chi connectivity index (χ3n) is 16.3. The average molecular weight is 1030 g/mol. The fourth-order valence-electron chi connectivity index (χ4n) is 11.6. The number of carbonyl (C=O) groups excluding carboxylic acids is 4. The molecule has 9 atom stereocenters. The zero-order valence-corrected chi connectivity index (χ0v) is 45.0. The first-order valence-corrected chi connectivity index (χ1v) is 26.5. The lowest BCUT2D eigenvalue weighted by Gasteiger charge is -2.38. The van der Waals surface area contributed by atoms with Crippen molar-refractivity contribution in [3.63, 3.8) is 0 Å². The summed E-state index contributed by atoms with van der Waals surface area (Å²) in [6.45, 7) is 19.1. The summed E-state index contributed by atoms with van der Waals surface area (Å²) in [5.41, 5.74) is 0.527. The van der Waals surface area contributed by atoms with Gasteiger partial charge in [-0.25, -0.2) is 0 Å². The Labute approximate surface area is 439 Å². The van der Waals surface area contributed by atoms with E-state index in [9.17, 15) is 39.6 Å². The molecular formula is C58H75N5O12. The Morgan fingerprint density at radius 3 is 2.20 bits per heavy atom. The molecule has 3 aromatic carbocycles. The van der Waals surface area contributed by atoms with Gasteiger partial charge in [-0.05, 0) is 50.2 Å². The van der Waals surface area contributed by atoms with E-state index in [2.05, 4.69) is 36.2 Å². The van der Waals surface area contributed by atoms with Crippen LogP contribution in [0.1, 0.15) is 115 Å². The van der Waals surface area contributed by atoms with Crippen LogP contribution < -0.4 is 20.8 Å². The quantitative estimate of drug-likeness (QED) is 0.0965. The standard InChI is InChI=1S/C58H75N5O12/c1-31(2)30-62-26-22-58(23-27-62)60-46-43-44-51(68)37(8)54-45(43)55(70)57(9,75-54)73-28-21-40(72-10)34(5)53(74-42(65)29-41(64)63-24-19-39(20-25-63)38-17-12-11-13-18-38)36(7)50(67)35(6)49(66)32(3)15-14-16-33(4)56(71)59-48(52(44)69)47(46)61-58/h11-18,21,28,31-32,34-36,39-40,49-50,53,66-69H,19-20,22-27,29-30H2,1-10H3,(H,59,71)/b15-14+,28-21+,33-16-/t32-,34+,35+,36+,40-,49-,50+,53+,57?/m0/s1. The number of piperidine rings is 2. The number of phenolic OH excluding ortho intramolecular Hbond substituents is 2. The van der Waals surface area contributed by atoms with Gasteiger partial charge in [0.15, 0.2) is 11.4 Å². The third-order valence-corrected chi connectivity index (χ3v) is 16.3. The van der Waals surface area contributed by atoms with Crippen LogP contribution in [-0.2, 0) is 28.6 Å². The first kappa shape index (κ1) is 55.1. The summed E-state index contributed by atoms with van der Waals surface area (Å²) in [5.74, 6) is -7.38. The van der Waals surface area contributed by atoms with Crippen LogP contribution in [0.5, 0.6) is 17.2 Å². The Bertz CT molecular complexity index is 2900. The summed E-state index contributed by atoms with van der Waals surface area (Å²) < 4.78 is 24.7. The number of likely N-dealkylation sites (tertiary alicyclic amines) is 2. The van der Waals surface area contributed by atoms with Crippen molar-refractivity contribution < 1.29 is 58.6 Å². The summed E-state index contributed by atoms with van der Waals surface area (Å²) in [7, 11) is 1.45. The lowest BCUT2D eigenvalue weighted by atomic mass is 9.78. The van der Waals surface area contributed by atoms with Crippen LogP contribution in [0.4, 0.5) is 5.69 Å². The summed E-state index contributed by atoms with van der Waals surface area (Å²) >= 11 is 0. The minimum absolute atomic E-state index is 0.0107. The van der Waals surface area contributed by atoms with Crippen molar-refractivity contribution in [1.82, 2.24) is 9.80 Å². The van der Waals surface area contributed by atoms with E-state index >= 15 is 0 Å². The number of ketones is 1. The average Bonchev–Trinajstić information content (AvgIpc) is 3.95. The lowest BCUT2D eigenvalue weighted by molar-refractivity contribution is -0.165.